The molecule has 0 unspecified atom stereocenters. The molecule has 0 saturated heterocycles. The van der Waals surface area contributed by atoms with E-state index in [-0.39, 0.29) is 18.0 Å². The summed E-state index contributed by atoms with van der Waals surface area (Å²) in [5.74, 6) is -0.105. The van der Waals surface area contributed by atoms with E-state index < -0.39 is 0 Å². The zero-order valence-electron chi connectivity index (χ0n) is 16.2. The van der Waals surface area contributed by atoms with Crippen molar-refractivity contribution in [3.05, 3.63) is 58.9 Å². The molecule has 2 aromatic heterocycles. The predicted molar refractivity (Wildman–Crippen MR) is 107 cm³/mol. The van der Waals surface area contributed by atoms with Crippen molar-refractivity contribution in [2.75, 3.05) is 0 Å². The number of carbonyl (C=O) groups excluding carboxylic acids is 1. The fraction of sp³-hybridized carbons (Fsp3) is 0.409. The summed E-state index contributed by atoms with van der Waals surface area (Å²) >= 11 is 0. The Morgan fingerprint density at radius 1 is 1.07 bits per heavy atom. The fourth-order valence-electron chi connectivity index (χ4n) is 3.83. The van der Waals surface area contributed by atoms with E-state index >= 15 is 0 Å². The Balaban J connectivity index is 1.52. The van der Waals surface area contributed by atoms with Gasteiger partial charge in [0.15, 0.2) is 5.65 Å². The van der Waals surface area contributed by atoms with Crippen molar-refractivity contribution in [1.29, 1.82) is 0 Å². The zero-order valence-corrected chi connectivity index (χ0v) is 16.2. The van der Waals surface area contributed by atoms with Crippen molar-refractivity contribution < 1.29 is 4.79 Å². The molecule has 27 heavy (non-hydrogen) atoms. The van der Waals surface area contributed by atoms with Gasteiger partial charge in [-0.2, -0.15) is 5.10 Å². The minimum absolute atomic E-state index is 0.0428. The summed E-state index contributed by atoms with van der Waals surface area (Å²) in [4.78, 5) is 17.2. The van der Waals surface area contributed by atoms with Crippen LogP contribution in [0.3, 0.4) is 0 Å². The van der Waals surface area contributed by atoms with Crippen LogP contribution in [0.5, 0.6) is 0 Å². The maximum atomic E-state index is 12.7. The lowest BCUT2D eigenvalue weighted by Gasteiger charge is -2.20. The highest BCUT2D eigenvalue weighted by Crippen LogP contribution is 2.25. The molecule has 3 aromatic rings. The highest BCUT2D eigenvalue weighted by atomic mass is 16.1. The molecule has 0 spiro atoms. The van der Waals surface area contributed by atoms with Crippen LogP contribution < -0.4 is 5.32 Å². The maximum absolute atomic E-state index is 12.7. The van der Waals surface area contributed by atoms with Gasteiger partial charge in [-0.25, -0.2) is 9.67 Å². The Labute approximate surface area is 159 Å². The molecule has 1 aliphatic carbocycles. The number of aromatic nitrogens is 3. The summed E-state index contributed by atoms with van der Waals surface area (Å²) < 4.78 is 1.87. The number of amides is 1. The number of rotatable bonds is 4. The summed E-state index contributed by atoms with van der Waals surface area (Å²) in [7, 11) is 0. The molecule has 1 N–H and O–H groups in total. The number of carbonyl (C=O) groups is 1. The summed E-state index contributed by atoms with van der Waals surface area (Å²) in [6.45, 7) is 6.16. The molecular weight excluding hydrogens is 336 g/mol. The Morgan fingerprint density at radius 3 is 2.63 bits per heavy atom. The van der Waals surface area contributed by atoms with E-state index in [9.17, 15) is 4.79 Å². The van der Waals surface area contributed by atoms with Gasteiger partial charge in [-0.3, -0.25) is 4.79 Å². The number of hydrogen-bond acceptors (Lipinski definition) is 3. The van der Waals surface area contributed by atoms with Gasteiger partial charge in [0, 0.05) is 17.6 Å². The summed E-state index contributed by atoms with van der Waals surface area (Å²) in [6, 6.07) is 8.68. The third-order valence-corrected chi connectivity index (χ3v) is 5.40. The summed E-state index contributed by atoms with van der Waals surface area (Å²) in [5.41, 5.74) is 5.43. The molecule has 1 aromatic carbocycles. The average molecular weight is 362 g/mol. The van der Waals surface area contributed by atoms with Crippen LogP contribution in [0.15, 0.2) is 36.7 Å². The third kappa shape index (κ3) is 3.46. The van der Waals surface area contributed by atoms with E-state index in [4.69, 9.17) is 0 Å². The molecule has 0 bridgehead atoms. The van der Waals surface area contributed by atoms with Crippen LogP contribution in [0, 0.1) is 0 Å². The second kappa shape index (κ2) is 7.14. The molecule has 4 rings (SSSR count). The number of nitrogens with one attached hydrogen (secondary N) is 1. The van der Waals surface area contributed by atoms with Crippen LogP contribution in [0.2, 0.25) is 0 Å². The van der Waals surface area contributed by atoms with Crippen molar-refractivity contribution >= 4 is 16.9 Å². The Bertz CT molecular complexity index is 989. The van der Waals surface area contributed by atoms with Crippen molar-refractivity contribution in [2.24, 2.45) is 0 Å². The summed E-state index contributed by atoms with van der Waals surface area (Å²) in [5, 5.41) is 8.36. The lowest BCUT2D eigenvalue weighted by atomic mass is 9.89. The van der Waals surface area contributed by atoms with Gasteiger partial charge in [-0.1, -0.05) is 18.2 Å². The molecule has 0 aliphatic heterocycles. The predicted octanol–water partition coefficient (Wildman–Crippen LogP) is 4.38. The molecule has 5 heteroatoms. The number of pyridine rings is 1. The SMILES string of the molecule is CC(C)n1ncc2cc(C(=O)N[C@@H](C)c3ccc4c(c3)CCCC4)cnc21. The first-order valence-electron chi connectivity index (χ1n) is 9.79. The highest BCUT2D eigenvalue weighted by Gasteiger charge is 2.16. The first kappa shape index (κ1) is 17.7. The smallest absolute Gasteiger partial charge is 0.253 e. The largest absolute Gasteiger partial charge is 0.345 e. The van der Waals surface area contributed by atoms with Crippen LogP contribution in [-0.4, -0.2) is 20.7 Å². The maximum Gasteiger partial charge on any atom is 0.253 e. The van der Waals surface area contributed by atoms with Crippen molar-refractivity contribution in [3.63, 3.8) is 0 Å². The molecule has 5 nitrogen and oxygen atoms in total. The third-order valence-electron chi connectivity index (χ3n) is 5.40. The van der Waals surface area contributed by atoms with Gasteiger partial charge in [0.2, 0.25) is 0 Å². The molecule has 140 valence electrons. The van der Waals surface area contributed by atoms with Gasteiger partial charge in [0.05, 0.1) is 17.8 Å². The number of fused-ring (bicyclic) bond motifs is 2. The average Bonchev–Trinajstić information content (AvgIpc) is 3.11. The monoisotopic (exact) mass is 362 g/mol. The van der Waals surface area contributed by atoms with Crippen molar-refractivity contribution in [2.45, 2.75) is 58.5 Å². The Morgan fingerprint density at radius 2 is 1.85 bits per heavy atom. The highest BCUT2D eigenvalue weighted by molar-refractivity contribution is 5.97. The van der Waals surface area contributed by atoms with Gasteiger partial charge in [0.25, 0.3) is 5.91 Å². The van der Waals surface area contributed by atoms with Crippen LogP contribution in [0.1, 0.15) is 72.7 Å². The van der Waals surface area contributed by atoms with E-state index in [1.165, 1.54) is 30.4 Å². The van der Waals surface area contributed by atoms with Crippen molar-refractivity contribution in [3.8, 4) is 0 Å². The van der Waals surface area contributed by atoms with Crippen molar-refractivity contribution in [1.82, 2.24) is 20.1 Å². The normalized spacial score (nSPS) is 15.0. The molecule has 0 fully saturated rings. The first-order valence-corrected chi connectivity index (χ1v) is 9.79. The topological polar surface area (TPSA) is 59.8 Å². The Kier molecular flexibility index (Phi) is 4.68. The van der Waals surface area contributed by atoms with Crippen LogP contribution in [-0.2, 0) is 12.8 Å². The number of nitrogens with zero attached hydrogens (tertiary/aromatic N) is 3. The van der Waals surface area contributed by atoms with Gasteiger partial charge in [0.1, 0.15) is 0 Å². The van der Waals surface area contributed by atoms with E-state index in [1.54, 1.807) is 12.4 Å². The second-order valence-electron chi connectivity index (χ2n) is 7.75. The molecule has 1 aliphatic rings. The second-order valence-corrected chi connectivity index (χ2v) is 7.75. The van der Waals surface area contributed by atoms with E-state index in [2.05, 4.69) is 47.4 Å². The molecular formula is C22H26N4O. The lowest BCUT2D eigenvalue weighted by Crippen LogP contribution is -2.27. The van der Waals surface area contributed by atoms with E-state index in [1.807, 2.05) is 17.7 Å². The minimum Gasteiger partial charge on any atom is -0.345 e. The van der Waals surface area contributed by atoms with Gasteiger partial charge in [-0.05, 0) is 69.2 Å². The Hall–Kier alpha value is -2.69. The number of aryl methyl sites for hydroxylation is 2. The lowest BCUT2D eigenvalue weighted by molar-refractivity contribution is 0.0939. The van der Waals surface area contributed by atoms with Crippen LogP contribution >= 0.6 is 0 Å². The van der Waals surface area contributed by atoms with Gasteiger partial charge < -0.3 is 5.32 Å². The number of hydrogen-bond donors (Lipinski definition) is 1. The molecule has 0 saturated carbocycles. The van der Waals surface area contributed by atoms with E-state index in [0.717, 1.165) is 23.0 Å². The quantitative estimate of drug-likeness (QED) is 0.749. The van der Waals surface area contributed by atoms with Gasteiger partial charge >= 0.3 is 0 Å². The van der Waals surface area contributed by atoms with Crippen LogP contribution in [0.25, 0.3) is 11.0 Å². The number of benzene rings is 1. The summed E-state index contributed by atoms with van der Waals surface area (Å²) in [6.07, 6.45) is 8.26. The zero-order chi connectivity index (χ0) is 19.0. The van der Waals surface area contributed by atoms with Crippen LogP contribution in [0.4, 0.5) is 0 Å². The standard InChI is InChI=1S/C22H26N4O/c1-14(2)26-21-19(13-24-26)11-20(12-23-21)22(27)25-15(3)17-9-8-16-6-4-5-7-18(16)10-17/h8-15H,4-7H2,1-3H3,(H,25,27)/t15-/m0/s1. The molecule has 0 radical (unpaired) electrons. The first-order chi connectivity index (χ1) is 13.0. The fourth-order valence-corrected chi connectivity index (χ4v) is 3.83. The molecule has 1 atom stereocenters. The van der Waals surface area contributed by atoms with E-state index in [0.29, 0.717) is 5.56 Å². The van der Waals surface area contributed by atoms with Gasteiger partial charge in [-0.15, -0.1) is 0 Å². The molecule has 2 heterocycles. The minimum atomic E-state index is -0.105. The molecule has 1 amide bonds.